The van der Waals surface area contributed by atoms with Gasteiger partial charge in [-0.2, -0.15) is 9.65 Å². The Bertz CT molecular complexity index is 748. The van der Waals surface area contributed by atoms with Crippen LogP contribution in [0.5, 0.6) is 0 Å². The van der Waals surface area contributed by atoms with Crippen LogP contribution in [0.15, 0.2) is 12.1 Å². The second kappa shape index (κ2) is 7.45. The maximum atomic E-state index is 12.8. The standard InChI is InChI=1S/C9H12N2O.C8H7FN2/c1-5-4-8(9(10)12)11-7(3)6(5)2;1-5-3-7(4-10)11-8(9)6(5)2/h4H,1-3H3,(H2,10,12);3H,1-2H3. The highest BCUT2D eigenvalue weighted by atomic mass is 19.1. The van der Waals surface area contributed by atoms with E-state index in [1.807, 2.05) is 20.8 Å². The predicted octanol–water partition coefficient (Wildman–Crippen LogP) is 2.81. The molecule has 2 rings (SSSR count). The quantitative estimate of drug-likeness (QED) is 0.819. The number of rotatable bonds is 1. The number of nitrogens with zero attached hydrogens (tertiary/aromatic N) is 3. The van der Waals surface area contributed by atoms with Crippen molar-refractivity contribution in [3.63, 3.8) is 0 Å². The first-order chi connectivity index (χ1) is 10.7. The van der Waals surface area contributed by atoms with Crippen LogP contribution in [-0.2, 0) is 0 Å². The first-order valence-corrected chi connectivity index (χ1v) is 6.95. The van der Waals surface area contributed by atoms with Gasteiger partial charge in [0.25, 0.3) is 5.91 Å². The molecule has 0 spiro atoms. The Morgan fingerprint density at radius 2 is 1.65 bits per heavy atom. The Kier molecular flexibility index (Phi) is 5.91. The molecule has 0 unspecified atom stereocenters. The van der Waals surface area contributed by atoms with Crippen molar-refractivity contribution in [2.45, 2.75) is 34.6 Å². The summed E-state index contributed by atoms with van der Waals surface area (Å²) in [4.78, 5) is 18.3. The van der Waals surface area contributed by atoms with Gasteiger partial charge in [0.15, 0.2) is 0 Å². The van der Waals surface area contributed by atoms with Crippen molar-refractivity contribution in [1.29, 1.82) is 5.26 Å². The average molecular weight is 314 g/mol. The van der Waals surface area contributed by atoms with Crippen LogP contribution in [0.2, 0.25) is 0 Å². The Labute approximate surface area is 135 Å². The van der Waals surface area contributed by atoms with E-state index in [4.69, 9.17) is 11.0 Å². The number of hydrogen-bond acceptors (Lipinski definition) is 4. The first kappa shape index (κ1) is 18.2. The summed E-state index contributed by atoms with van der Waals surface area (Å²) in [7, 11) is 0. The maximum absolute atomic E-state index is 12.8. The van der Waals surface area contributed by atoms with Crippen LogP contribution in [0.1, 0.15) is 44.1 Å². The number of nitrogens with two attached hydrogens (primary N) is 1. The third-order valence-electron chi connectivity index (χ3n) is 3.62. The van der Waals surface area contributed by atoms with Crippen molar-refractivity contribution in [3.05, 3.63) is 57.4 Å². The Balaban J connectivity index is 0.000000231. The van der Waals surface area contributed by atoms with E-state index >= 15 is 0 Å². The van der Waals surface area contributed by atoms with Gasteiger partial charge in [-0.15, -0.1) is 0 Å². The zero-order chi connectivity index (χ0) is 17.7. The third kappa shape index (κ3) is 4.58. The zero-order valence-corrected chi connectivity index (χ0v) is 13.9. The summed E-state index contributed by atoms with van der Waals surface area (Å²) in [6, 6.07) is 5.07. The molecule has 0 fully saturated rings. The summed E-state index contributed by atoms with van der Waals surface area (Å²) in [6.45, 7) is 9.17. The second-order valence-corrected chi connectivity index (χ2v) is 5.25. The number of carbonyl (C=O) groups excluding carboxylic acids is 1. The predicted molar refractivity (Wildman–Crippen MR) is 85.3 cm³/mol. The molecule has 2 aromatic heterocycles. The Morgan fingerprint density at radius 1 is 1.09 bits per heavy atom. The fourth-order valence-corrected chi connectivity index (χ4v) is 1.78. The molecule has 0 aromatic carbocycles. The molecule has 0 aliphatic heterocycles. The van der Waals surface area contributed by atoms with Crippen molar-refractivity contribution in [2.75, 3.05) is 0 Å². The molecule has 120 valence electrons. The van der Waals surface area contributed by atoms with E-state index in [9.17, 15) is 9.18 Å². The summed E-state index contributed by atoms with van der Waals surface area (Å²) in [5.41, 5.74) is 9.86. The number of pyridine rings is 2. The molecular formula is C17H19FN4O. The lowest BCUT2D eigenvalue weighted by molar-refractivity contribution is 0.0995. The van der Waals surface area contributed by atoms with E-state index in [-0.39, 0.29) is 5.69 Å². The maximum Gasteiger partial charge on any atom is 0.267 e. The van der Waals surface area contributed by atoms with Crippen LogP contribution in [0.4, 0.5) is 4.39 Å². The number of carbonyl (C=O) groups is 1. The number of aromatic nitrogens is 2. The van der Waals surface area contributed by atoms with Gasteiger partial charge in [0.05, 0.1) is 0 Å². The fourth-order valence-electron chi connectivity index (χ4n) is 1.78. The zero-order valence-electron chi connectivity index (χ0n) is 13.9. The summed E-state index contributed by atoms with van der Waals surface area (Å²) in [5, 5.41) is 8.40. The number of aryl methyl sites for hydroxylation is 3. The van der Waals surface area contributed by atoms with Crippen molar-refractivity contribution in [3.8, 4) is 6.07 Å². The van der Waals surface area contributed by atoms with Crippen molar-refractivity contribution < 1.29 is 9.18 Å². The largest absolute Gasteiger partial charge is 0.364 e. The Hall–Kier alpha value is -2.81. The minimum atomic E-state index is -0.554. The topological polar surface area (TPSA) is 92.7 Å². The van der Waals surface area contributed by atoms with E-state index in [1.54, 1.807) is 32.0 Å². The summed E-state index contributed by atoms with van der Waals surface area (Å²) < 4.78 is 12.8. The van der Waals surface area contributed by atoms with Gasteiger partial charge >= 0.3 is 0 Å². The van der Waals surface area contributed by atoms with E-state index < -0.39 is 11.9 Å². The van der Waals surface area contributed by atoms with Gasteiger partial charge in [-0.3, -0.25) is 4.79 Å². The van der Waals surface area contributed by atoms with Crippen LogP contribution in [0.25, 0.3) is 0 Å². The molecule has 0 atom stereocenters. The van der Waals surface area contributed by atoms with Gasteiger partial charge < -0.3 is 5.73 Å². The van der Waals surface area contributed by atoms with Crippen LogP contribution >= 0.6 is 0 Å². The monoisotopic (exact) mass is 314 g/mol. The lowest BCUT2D eigenvalue weighted by Gasteiger charge is -2.04. The van der Waals surface area contributed by atoms with Crippen molar-refractivity contribution >= 4 is 5.91 Å². The summed E-state index contributed by atoms with van der Waals surface area (Å²) in [6.07, 6.45) is 0. The van der Waals surface area contributed by atoms with Gasteiger partial charge in [-0.05, 0) is 63.4 Å². The number of primary amides is 1. The van der Waals surface area contributed by atoms with E-state index in [2.05, 4.69) is 9.97 Å². The lowest BCUT2D eigenvalue weighted by Crippen LogP contribution is -2.14. The van der Waals surface area contributed by atoms with Crippen LogP contribution in [-0.4, -0.2) is 15.9 Å². The van der Waals surface area contributed by atoms with Gasteiger partial charge in [0, 0.05) is 11.3 Å². The molecule has 2 heterocycles. The smallest absolute Gasteiger partial charge is 0.267 e. The van der Waals surface area contributed by atoms with E-state index in [1.165, 1.54) is 0 Å². The minimum absolute atomic E-state index is 0.130. The highest BCUT2D eigenvalue weighted by molar-refractivity contribution is 5.91. The first-order valence-electron chi connectivity index (χ1n) is 6.95. The average Bonchev–Trinajstić information content (AvgIpc) is 2.49. The molecule has 0 saturated heterocycles. The Morgan fingerprint density at radius 3 is 2.09 bits per heavy atom. The highest BCUT2D eigenvalue weighted by Crippen LogP contribution is 2.11. The highest BCUT2D eigenvalue weighted by Gasteiger charge is 2.06. The minimum Gasteiger partial charge on any atom is -0.364 e. The molecule has 6 heteroatoms. The van der Waals surface area contributed by atoms with E-state index in [0.29, 0.717) is 11.3 Å². The third-order valence-corrected chi connectivity index (χ3v) is 3.62. The van der Waals surface area contributed by atoms with Gasteiger partial charge in [-0.25, -0.2) is 9.97 Å². The molecule has 0 aliphatic carbocycles. The van der Waals surface area contributed by atoms with Gasteiger partial charge in [-0.1, -0.05) is 0 Å². The summed E-state index contributed by atoms with van der Waals surface area (Å²) in [5.74, 6) is -1.03. The lowest BCUT2D eigenvalue weighted by atomic mass is 10.1. The molecule has 1 amide bonds. The van der Waals surface area contributed by atoms with E-state index in [0.717, 1.165) is 22.4 Å². The molecule has 0 saturated carbocycles. The van der Waals surface area contributed by atoms with Gasteiger partial charge in [0.1, 0.15) is 17.5 Å². The summed E-state index contributed by atoms with van der Waals surface area (Å²) >= 11 is 0. The number of halogens is 1. The molecule has 2 aromatic rings. The normalized spacial score (nSPS) is 9.61. The molecule has 0 radical (unpaired) electrons. The molecule has 23 heavy (non-hydrogen) atoms. The SMILES string of the molecule is Cc1cc(C#N)nc(F)c1C.Cc1cc(C(N)=O)nc(C)c1C. The van der Waals surface area contributed by atoms with Crippen LogP contribution in [0, 0.1) is 51.9 Å². The number of nitriles is 1. The van der Waals surface area contributed by atoms with Crippen molar-refractivity contribution in [1.82, 2.24) is 9.97 Å². The van der Waals surface area contributed by atoms with Crippen molar-refractivity contribution in [2.24, 2.45) is 5.73 Å². The molecule has 0 aliphatic rings. The molecular weight excluding hydrogens is 295 g/mol. The van der Waals surface area contributed by atoms with Crippen LogP contribution < -0.4 is 5.73 Å². The molecule has 0 bridgehead atoms. The van der Waals surface area contributed by atoms with Crippen LogP contribution in [0.3, 0.4) is 0 Å². The number of hydrogen-bond donors (Lipinski definition) is 1. The molecule has 5 nitrogen and oxygen atoms in total. The molecule has 2 N–H and O–H groups in total. The second-order valence-electron chi connectivity index (χ2n) is 5.25. The number of amides is 1. The fraction of sp³-hybridized carbons (Fsp3) is 0.294. The van der Waals surface area contributed by atoms with Gasteiger partial charge in [0.2, 0.25) is 5.95 Å².